The zero-order valence-corrected chi connectivity index (χ0v) is 22.0. The van der Waals surface area contributed by atoms with E-state index < -0.39 is 22.4 Å². The Hall–Kier alpha value is -2.67. The van der Waals surface area contributed by atoms with Crippen molar-refractivity contribution in [3.8, 4) is 11.8 Å². The molecule has 4 aliphatic carbocycles. The minimum absolute atomic E-state index is 0.00526. The van der Waals surface area contributed by atoms with Crippen LogP contribution in [0.4, 0.5) is 0 Å². The molecule has 7 unspecified atom stereocenters. The molecule has 0 saturated heterocycles. The van der Waals surface area contributed by atoms with E-state index in [0.717, 1.165) is 24.8 Å². The van der Waals surface area contributed by atoms with Gasteiger partial charge in [0, 0.05) is 56.1 Å². The van der Waals surface area contributed by atoms with Crippen molar-refractivity contribution in [3.05, 3.63) is 23.4 Å². The summed E-state index contributed by atoms with van der Waals surface area (Å²) in [5, 5.41) is 38.9. The number of hydrogen-bond donors (Lipinski definition) is 5. The second-order valence-electron chi connectivity index (χ2n) is 12.0. The molecule has 0 aromatic heterocycles. The molecule has 0 aromatic rings. The normalized spacial score (nSPS) is 42.1. The maximum Gasteiger partial charge on any atom is 0.334 e. The van der Waals surface area contributed by atoms with Crippen LogP contribution in [0.3, 0.4) is 0 Å². The average molecular weight is 523 g/mol. The second-order valence-corrected chi connectivity index (χ2v) is 12.0. The Kier molecular flexibility index (Phi) is 6.21. The topological polar surface area (TPSA) is 134 Å². The quantitative estimate of drug-likeness (QED) is 0.266. The second kappa shape index (κ2) is 9.22. The van der Waals surface area contributed by atoms with Crippen molar-refractivity contribution in [1.82, 2.24) is 15.5 Å². The zero-order valence-electron chi connectivity index (χ0n) is 22.0. The van der Waals surface area contributed by atoms with Crippen LogP contribution in [-0.2, 0) is 9.59 Å². The van der Waals surface area contributed by atoms with Crippen LogP contribution in [0.25, 0.3) is 0 Å². The summed E-state index contributed by atoms with van der Waals surface area (Å²) in [6.45, 7) is 2.20. The van der Waals surface area contributed by atoms with E-state index >= 15 is 0 Å². The van der Waals surface area contributed by atoms with Crippen molar-refractivity contribution in [2.24, 2.45) is 39.5 Å². The summed E-state index contributed by atoms with van der Waals surface area (Å²) < 4.78 is 0. The summed E-state index contributed by atoms with van der Waals surface area (Å²) in [7, 11) is 1.75. The first-order valence-corrected chi connectivity index (χ1v) is 14.0. The van der Waals surface area contributed by atoms with Gasteiger partial charge in [-0.3, -0.25) is 9.79 Å². The summed E-state index contributed by atoms with van der Waals surface area (Å²) in [6.07, 6.45) is 8.42. The molecule has 6 aliphatic rings. The van der Waals surface area contributed by atoms with Crippen molar-refractivity contribution in [3.63, 3.8) is 0 Å². The van der Waals surface area contributed by atoms with E-state index in [1.807, 2.05) is 0 Å². The fraction of sp³-hybridized carbons (Fsp3) is 0.690. The Bertz CT molecular complexity index is 1200. The van der Waals surface area contributed by atoms with Gasteiger partial charge in [-0.25, -0.2) is 4.79 Å². The van der Waals surface area contributed by atoms with E-state index in [2.05, 4.69) is 44.6 Å². The minimum Gasteiger partial charge on any atom is -0.478 e. The molecule has 0 radical (unpaired) electrons. The van der Waals surface area contributed by atoms with E-state index in [1.54, 1.807) is 7.05 Å². The molecule has 0 amide bonds. The number of fused-ring (bicyclic) bond motifs is 2. The fourth-order valence-electron chi connectivity index (χ4n) is 9.47. The number of aliphatic hydroxyl groups excluding tert-OH is 1. The van der Waals surface area contributed by atoms with E-state index in [1.165, 1.54) is 0 Å². The van der Waals surface area contributed by atoms with Crippen molar-refractivity contribution in [2.75, 3.05) is 39.8 Å². The number of ketones is 1. The van der Waals surface area contributed by atoms with Gasteiger partial charge in [0.05, 0.1) is 18.7 Å². The van der Waals surface area contributed by atoms with Crippen molar-refractivity contribution >= 4 is 17.7 Å². The van der Waals surface area contributed by atoms with E-state index in [0.29, 0.717) is 45.0 Å². The van der Waals surface area contributed by atoms with Gasteiger partial charge < -0.3 is 30.9 Å². The molecule has 2 aliphatic heterocycles. The molecular formula is C29H38N4O5. The van der Waals surface area contributed by atoms with E-state index in [-0.39, 0.29) is 54.5 Å². The maximum atomic E-state index is 13.5. The van der Waals surface area contributed by atoms with Gasteiger partial charge in [0.15, 0.2) is 17.3 Å². The highest BCUT2D eigenvalue weighted by Crippen LogP contribution is 2.78. The standard InChI is InChI=1S/C29H38N4O5/c1-30-26-32-9-4-5-18-13-19-6-2-3-7-23(35)29(38)16-27(19)22(24(29)25(36)37)14-21(18)28(27)17-33(26)11-8-20(28)15-31-10-12-34/h8,11,18-21,31,34,38H,2-3,6-7,9-10,12-17H2,1H3,(H,30,32)(H,36,37). The van der Waals surface area contributed by atoms with Gasteiger partial charge in [-0.2, -0.15) is 0 Å². The Morgan fingerprint density at radius 2 is 2.21 bits per heavy atom. The molecule has 38 heavy (non-hydrogen) atoms. The molecule has 9 heteroatoms. The summed E-state index contributed by atoms with van der Waals surface area (Å²) in [5.74, 6) is 6.43. The van der Waals surface area contributed by atoms with Crippen LogP contribution in [0.5, 0.6) is 0 Å². The number of nitrogens with one attached hydrogen (secondary N) is 2. The SMILES string of the molecule is CN=C1NCC#CC2CC3CCCCC(=O)C4(O)CC35C(=C4C(=O)O)CC2C52CN1C=CC2CNCCO. The molecule has 6 bridgehead atoms. The van der Waals surface area contributed by atoms with Crippen LogP contribution < -0.4 is 10.6 Å². The van der Waals surface area contributed by atoms with Crippen LogP contribution in [0, 0.1) is 46.3 Å². The molecule has 7 atom stereocenters. The molecule has 5 N–H and O–H groups in total. The highest BCUT2D eigenvalue weighted by molar-refractivity contribution is 6.04. The van der Waals surface area contributed by atoms with Crippen molar-refractivity contribution in [1.29, 1.82) is 0 Å². The number of aliphatic imine (C=N–C) groups is 1. The number of rotatable bonds is 5. The molecule has 3 saturated carbocycles. The van der Waals surface area contributed by atoms with Gasteiger partial charge in [0.2, 0.25) is 0 Å². The number of aliphatic hydroxyl groups is 2. The van der Waals surface area contributed by atoms with Gasteiger partial charge in [-0.1, -0.05) is 24.3 Å². The average Bonchev–Trinajstić information content (AvgIpc) is 3.28. The van der Waals surface area contributed by atoms with Gasteiger partial charge >= 0.3 is 5.97 Å². The third-order valence-corrected chi connectivity index (χ3v) is 10.7. The van der Waals surface area contributed by atoms with Crippen molar-refractivity contribution in [2.45, 2.75) is 50.5 Å². The zero-order chi connectivity index (χ0) is 26.7. The lowest BCUT2D eigenvalue weighted by Gasteiger charge is -2.62. The minimum atomic E-state index is -1.97. The summed E-state index contributed by atoms with van der Waals surface area (Å²) in [4.78, 5) is 33.1. The van der Waals surface area contributed by atoms with Crippen LogP contribution in [0.1, 0.15) is 44.9 Å². The Labute approximate surface area is 223 Å². The smallest absolute Gasteiger partial charge is 0.334 e. The molecule has 3 fully saturated rings. The summed E-state index contributed by atoms with van der Waals surface area (Å²) in [6, 6.07) is 0. The fourth-order valence-corrected chi connectivity index (χ4v) is 9.47. The highest BCUT2D eigenvalue weighted by Gasteiger charge is 2.77. The first-order valence-electron chi connectivity index (χ1n) is 14.0. The monoisotopic (exact) mass is 522 g/mol. The lowest BCUT2D eigenvalue weighted by atomic mass is 9.43. The van der Waals surface area contributed by atoms with Crippen LogP contribution in [0.15, 0.2) is 28.4 Å². The summed E-state index contributed by atoms with van der Waals surface area (Å²) >= 11 is 0. The number of carboxylic acid groups (broad SMARTS) is 1. The predicted octanol–water partition coefficient (Wildman–Crippen LogP) is 0.894. The number of carbonyl (C=O) groups is 2. The number of carboxylic acids is 1. The Balaban J connectivity index is 1.65. The Morgan fingerprint density at radius 3 is 2.97 bits per heavy atom. The number of nitrogens with zero attached hydrogens (tertiary/aromatic N) is 2. The first-order chi connectivity index (χ1) is 18.3. The van der Waals surface area contributed by atoms with Gasteiger partial charge in [0.1, 0.15) is 0 Å². The molecule has 204 valence electrons. The van der Waals surface area contributed by atoms with Gasteiger partial charge in [-0.15, -0.1) is 0 Å². The molecule has 9 nitrogen and oxygen atoms in total. The van der Waals surface area contributed by atoms with Gasteiger partial charge in [-0.05, 0) is 55.4 Å². The number of aliphatic carboxylic acids is 1. The number of carbonyl (C=O) groups excluding carboxylic acids is 1. The molecule has 2 spiro atoms. The van der Waals surface area contributed by atoms with E-state index in [4.69, 9.17) is 0 Å². The Morgan fingerprint density at radius 1 is 1.37 bits per heavy atom. The first kappa shape index (κ1) is 25.6. The lowest BCUT2D eigenvalue weighted by molar-refractivity contribution is -0.150. The molecule has 0 aromatic carbocycles. The van der Waals surface area contributed by atoms with Crippen LogP contribution in [-0.4, -0.2) is 83.4 Å². The van der Waals surface area contributed by atoms with Crippen LogP contribution >= 0.6 is 0 Å². The predicted molar refractivity (Wildman–Crippen MR) is 141 cm³/mol. The molecule has 6 rings (SSSR count). The van der Waals surface area contributed by atoms with Gasteiger partial charge in [0.25, 0.3) is 0 Å². The number of allylic oxidation sites excluding steroid dienone is 1. The number of hydrogen-bond acceptors (Lipinski definition) is 6. The molecule has 2 heterocycles. The largest absolute Gasteiger partial charge is 0.478 e. The third kappa shape index (κ3) is 3.26. The molecular weight excluding hydrogens is 484 g/mol. The van der Waals surface area contributed by atoms with Crippen LogP contribution in [0.2, 0.25) is 0 Å². The number of guanidine groups is 1. The summed E-state index contributed by atoms with van der Waals surface area (Å²) in [5.41, 5.74) is -2.32. The maximum absolute atomic E-state index is 13.5. The number of Topliss-reactive ketones (excluding diaryl/α,β-unsaturated/α-hetero) is 1. The van der Waals surface area contributed by atoms with Crippen molar-refractivity contribution < 1.29 is 24.9 Å². The highest BCUT2D eigenvalue weighted by atomic mass is 16.4. The third-order valence-electron chi connectivity index (χ3n) is 10.7. The lowest BCUT2D eigenvalue weighted by Crippen LogP contribution is -2.65. The van der Waals surface area contributed by atoms with E-state index in [9.17, 15) is 24.9 Å².